The van der Waals surface area contributed by atoms with E-state index in [0.29, 0.717) is 18.4 Å². The summed E-state index contributed by atoms with van der Waals surface area (Å²) in [6.07, 6.45) is 3.99. The van der Waals surface area contributed by atoms with Crippen molar-refractivity contribution in [3.63, 3.8) is 0 Å². The Morgan fingerprint density at radius 2 is 1.35 bits per heavy atom. The molecule has 0 saturated carbocycles. The van der Waals surface area contributed by atoms with Crippen LogP contribution in [0.4, 0.5) is 5.69 Å². The lowest BCUT2D eigenvalue weighted by atomic mass is 9.84. The number of nitro benzene ring substituents is 1. The van der Waals surface area contributed by atoms with Crippen LogP contribution in [-0.4, -0.2) is 11.2 Å². The molecule has 0 radical (unpaired) electrons. The van der Waals surface area contributed by atoms with Crippen LogP contribution in [0.3, 0.4) is 0 Å². The first-order chi connectivity index (χ1) is 10.4. The molecule has 0 aliphatic rings. The molecule has 0 aromatic heterocycles. The van der Waals surface area contributed by atoms with Crippen molar-refractivity contribution in [1.29, 1.82) is 0 Å². The number of hydrogen-bond acceptors (Lipinski definition) is 3. The average molecular weight is 319 g/mol. The summed E-state index contributed by atoms with van der Waals surface area (Å²) in [5.41, 5.74) is 2.57. The topological polar surface area (TPSA) is 60.2 Å². The zero-order valence-corrected chi connectivity index (χ0v) is 15.2. The lowest BCUT2D eigenvalue weighted by molar-refractivity contribution is -0.385. The molecular weight excluding hydrogens is 290 g/mol. The number of non-ortho nitro benzene ring substituents is 1. The first-order valence-electron chi connectivity index (χ1n) is 8.18. The molecule has 0 bridgehead atoms. The molecule has 0 heterocycles. The Morgan fingerprint density at radius 1 is 0.957 bits per heavy atom. The molecule has 1 aromatic carbocycles. The van der Waals surface area contributed by atoms with E-state index in [4.69, 9.17) is 0 Å². The second-order valence-corrected chi connectivity index (χ2v) is 8.67. The molecule has 4 nitrogen and oxygen atoms in total. The molecule has 0 aliphatic heterocycles. The van der Waals surface area contributed by atoms with Crippen molar-refractivity contribution in [2.75, 3.05) is 0 Å². The fourth-order valence-corrected chi connectivity index (χ4v) is 2.45. The van der Waals surface area contributed by atoms with E-state index < -0.39 is 0 Å². The van der Waals surface area contributed by atoms with Crippen molar-refractivity contribution in [1.82, 2.24) is 0 Å². The monoisotopic (exact) mass is 319 g/mol. The van der Waals surface area contributed by atoms with E-state index in [1.807, 2.05) is 0 Å². The predicted octanol–water partition coefficient (Wildman–Crippen LogP) is 5.36. The second kappa shape index (κ2) is 7.24. The number of hydrogen-bond donors (Lipinski definition) is 0. The van der Waals surface area contributed by atoms with Crippen molar-refractivity contribution in [2.45, 2.75) is 67.2 Å². The van der Waals surface area contributed by atoms with E-state index >= 15 is 0 Å². The van der Waals surface area contributed by atoms with Gasteiger partial charge in [-0.3, -0.25) is 14.9 Å². The Kier molecular flexibility index (Phi) is 6.09. The third-order valence-corrected chi connectivity index (χ3v) is 3.95. The molecular formula is C19H29NO3. The van der Waals surface area contributed by atoms with Crippen LogP contribution >= 0.6 is 0 Å². The van der Waals surface area contributed by atoms with Gasteiger partial charge in [0.15, 0.2) is 6.29 Å². The van der Waals surface area contributed by atoms with Crippen LogP contribution in [0.15, 0.2) is 12.1 Å². The molecule has 0 atom stereocenters. The predicted molar refractivity (Wildman–Crippen MR) is 94.0 cm³/mol. The summed E-state index contributed by atoms with van der Waals surface area (Å²) in [5.74, 6) is 0. The van der Waals surface area contributed by atoms with E-state index in [1.54, 1.807) is 12.1 Å². The highest BCUT2D eigenvalue weighted by atomic mass is 16.6. The highest BCUT2D eigenvalue weighted by Crippen LogP contribution is 2.29. The van der Waals surface area contributed by atoms with E-state index in [-0.39, 0.29) is 21.4 Å². The number of nitro groups is 1. The van der Waals surface area contributed by atoms with E-state index in [9.17, 15) is 14.9 Å². The Bertz CT molecular complexity index is 538. The number of rotatable bonds is 6. The molecule has 0 fully saturated rings. The SMILES string of the molecule is CC(C)(C)CCc1cc([N+](=O)[O-])cc(CCC(C)(C)C)c1C=O. The quantitative estimate of drug-likeness (QED) is 0.402. The molecule has 0 N–H and O–H groups in total. The Morgan fingerprint density at radius 3 is 1.61 bits per heavy atom. The van der Waals surface area contributed by atoms with Crippen LogP contribution in [-0.2, 0) is 12.8 Å². The van der Waals surface area contributed by atoms with E-state index in [2.05, 4.69) is 41.5 Å². The molecule has 0 spiro atoms. The molecule has 0 saturated heterocycles. The van der Waals surface area contributed by atoms with Crippen molar-refractivity contribution < 1.29 is 9.72 Å². The van der Waals surface area contributed by atoms with Crippen LogP contribution in [0.25, 0.3) is 0 Å². The van der Waals surface area contributed by atoms with Gasteiger partial charge in [0.1, 0.15) is 0 Å². The molecule has 0 unspecified atom stereocenters. The van der Waals surface area contributed by atoms with Crippen LogP contribution in [0.1, 0.15) is 75.9 Å². The highest BCUT2D eigenvalue weighted by molar-refractivity contribution is 5.80. The maximum absolute atomic E-state index is 11.6. The van der Waals surface area contributed by atoms with Gasteiger partial charge in [0.2, 0.25) is 0 Å². The van der Waals surface area contributed by atoms with E-state index in [1.165, 1.54) is 0 Å². The smallest absolute Gasteiger partial charge is 0.270 e. The van der Waals surface area contributed by atoms with Gasteiger partial charge in [-0.25, -0.2) is 0 Å². The van der Waals surface area contributed by atoms with E-state index in [0.717, 1.165) is 30.3 Å². The number of nitrogens with zero attached hydrogens (tertiary/aromatic N) is 1. The van der Waals surface area contributed by atoms with Crippen molar-refractivity contribution in [3.05, 3.63) is 38.9 Å². The van der Waals surface area contributed by atoms with Gasteiger partial charge in [-0.15, -0.1) is 0 Å². The average Bonchev–Trinajstić information content (AvgIpc) is 2.40. The van der Waals surface area contributed by atoms with Gasteiger partial charge < -0.3 is 0 Å². The number of aryl methyl sites for hydroxylation is 2. The maximum Gasteiger partial charge on any atom is 0.270 e. The maximum atomic E-state index is 11.6. The first-order valence-corrected chi connectivity index (χ1v) is 8.18. The van der Waals surface area contributed by atoms with Crippen molar-refractivity contribution >= 4 is 12.0 Å². The zero-order valence-electron chi connectivity index (χ0n) is 15.2. The lowest BCUT2D eigenvalue weighted by Gasteiger charge is -2.21. The minimum Gasteiger partial charge on any atom is -0.298 e. The molecule has 128 valence electrons. The Hall–Kier alpha value is -1.71. The molecule has 1 aromatic rings. The zero-order chi connectivity index (χ0) is 17.8. The Labute approximate surface area is 139 Å². The number of carbonyl (C=O) groups excluding carboxylic acids is 1. The van der Waals surface area contributed by atoms with Crippen molar-refractivity contribution in [3.8, 4) is 0 Å². The number of aldehydes is 1. The number of benzene rings is 1. The third kappa shape index (κ3) is 6.51. The molecule has 1 rings (SSSR count). The Balaban J connectivity index is 3.23. The third-order valence-electron chi connectivity index (χ3n) is 3.95. The first kappa shape index (κ1) is 19.3. The largest absolute Gasteiger partial charge is 0.298 e. The van der Waals surface area contributed by atoms with Crippen LogP contribution in [0.2, 0.25) is 0 Å². The molecule has 0 amide bonds. The summed E-state index contributed by atoms with van der Waals surface area (Å²) >= 11 is 0. The van der Waals surface area contributed by atoms with Crippen molar-refractivity contribution in [2.24, 2.45) is 10.8 Å². The van der Waals surface area contributed by atoms with Gasteiger partial charge in [-0.2, -0.15) is 0 Å². The minimum absolute atomic E-state index is 0.0865. The fourth-order valence-electron chi connectivity index (χ4n) is 2.45. The number of carbonyl (C=O) groups is 1. The molecule has 23 heavy (non-hydrogen) atoms. The van der Waals surface area contributed by atoms with Crippen LogP contribution in [0.5, 0.6) is 0 Å². The summed E-state index contributed by atoms with van der Waals surface area (Å²) in [6.45, 7) is 12.8. The summed E-state index contributed by atoms with van der Waals surface area (Å²) in [6, 6.07) is 3.13. The summed E-state index contributed by atoms with van der Waals surface area (Å²) in [4.78, 5) is 22.5. The molecule has 0 aliphatic carbocycles. The summed E-state index contributed by atoms with van der Waals surface area (Å²) in [7, 11) is 0. The van der Waals surface area contributed by atoms with Gasteiger partial charge in [0, 0.05) is 17.7 Å². The van der Waals surface area contributed by atoms with Gasteiger partial charge >= 0.3 is 0 Å². The molecule has 4 heteroatoms. The van der Waals surface area contributed by atoms with Crippen LogP contribution < -0.4 is 0 Å². The standard InChI is InChI=1S/C19H29NO3/c1-18(2,3)9-7-14-11-16(20(22)23)12-15(17(14)13-21)8-10-19(4,5)6/h11-13H,7-10H2,1-6H3. The second-order valence-electron chi connectivity index (χ2n) is 8.67. The highest BCUT2D eigenvalue weighted by Gasteiger charge is 2.20. The van der Waals surface area contributed by atoms with Gasteiger partial charge in [-0.1, -0.05) is 41.5 Å². The summed E-state index contributed by atoms with van der Waals surface area (Å²) < 4.78 is 0. The lowest BCUT2D eigenvalue weighted by Crippen LogP contribution is -2.11. The van der Waals surface area contributed by atoms with Gasteiger partial charge in [-0.05, 0) is 47.6 Å². The fraction of sp³-hybridized carbons (Fsp3) is 0.632. The van der Waals surface area contributed by atoms with Crippen LogP contribution in [0, 0.1) is 20.9 Å². The van der Waals surface area contributed by atoms with Gasteiger partial charge in [0.05, 0.1) is 4.92 Å². The summed E-state index contributed by atoms with van der Waals surface area (Å²) in [5, 5.41) is 11.2. The van der Waals surface area contributed by atoms with Gasteiger partial charge in [0.25, 0.3) is 5.69 Å². The normalized spacial score (nSPS) is 12.3. The minimum atomic E-state index is -0.365.